The molecule has 0 aromatic carbocycles. The Morgan fingerprint density at radius 3 is 1.31 bits per heavy atom. The molecule has 0 saturated carbocycles. The van der Waals surface area contributed by atoms with E-state index in [2.05, 4.69) is 13.8 Å². The van der Waals surface area contributed by atoms with Crippen molar-refractivity contribution < 1.29 is 17.7 Å². The summed E-state index contributed by atoms with van der Waals surface area (Å²) >= 11 is 0. The maximum Gasteiger partial charge on any atom is 0.292 e. The van der Waals surface area contributed by atoms with Crippen LogP contribution in [0.1, 0.15) is 142 Å². The summed E-state index contributed by atoms with van der Waals surface area (Å²) in [7, 11) is -4.11. The topological polar surface area (TPSA) is 63.6 Å². The summed E-state index contributed by atoms with van der Waals surface area (Å²) in [5, 5.41) is 0. The van der Waals surface area contributed by atoms with Crippen molar-refractivity contribution in [1.29, 1.82) is 0 Å². The number of rotatable bonds is 23. The van der Waals surface area contributed by atoms with Gasteiger partial charge in [0.2, 0.25) is 0 Å². The van der Waals surface area contributed by atoms with E-state index in [-0.39, 0.29) is 0 Å². The van der Waals surface area contributed by atoms with E-state index < -0.39 is 15.6 Å². The maximum absolute atomic E-state index is 11.5. The standard InChI is InChI=1S/C24H50O4S/c1-3-5-7-9-11-13-15-17-19-21-23-28-24(29(25,26)27)22-20-18-16-14-12-10-8-6-4-2/h24H,3-23H2,1-2H3,(H,25,26,27). The third-order valence-corrected chi connectivity index (χ3v) is 6.71. The van der Waals surface area contributed by atoms with Gasteiger partial charge in [0.25, 0.3) is 10.1 Å². The molecule has 0 aliphatic carbocycles. The Morgan fingerprint density at radius 2 is 0.931 bits per heavy atom. The van der Waals surface area contributed by atoms with Gasteiger partial charge in [-0.2, -0.15) is 8.42 Å². The summed E-state index contributed by atoms with van der Waals surface area (Å²) < 4.78 is 38.0. The number of hydrogen-bond acceptors (Lipinski definition) is 3. The third-order valence-electron chi connectivity index (χ3n) is 5.68. The first-order chi connectivity index (χ1) is 14.0. The molecular formula is C24H50O4S. The molecular weight excluding hydrogens is 384 g/mol. The first kappa shape index (κ1) is 28.9. The first-order valence-electron chi connectivity index (χ1n) is 12.6. The van der Waals surface area contributed by atoms with Gasteiger partial charge in [-0.25, -0.2) is 0 Å². The molecule has 0 saturated heterocycles. The molecule has 1 N–H and O–H groups in total. The van der Waals surface area contributed by atoms with Gasteiger partial charge in [0.05, 0.1) is 0 Å². The summed E-state index contributed by atoms with van der Waals surface area (Å²) in [6, 6.07) is 0. The quantitative estimate of drug-likeness (QED) is 0.130. The second kappa shape index (κ2) is 21.1. The van der Waals surface area contributed by atoms with Crippen LogP contribution in [0.4, 0.5) is 0 Å². The Balaban J connectivity index is 3.63. The molecule has 1 atom stereocenters. The lowest BCUT2D eigenvalue weighted by atomic mass is 10.1. The van der Waals surface area contributed by atoms with Crippen molar-refractivity contribution in [2.75, 3.05) is 6.61 Å². The van der Waals surface area contributed by atoms with E-state index in [1.165, 1.54) is 89.9 Å². The van der Waals surface area contributed by atoms with E-state index >= 15 is 0 Å². The lowest BCUT2D eigenvalue weighted by Gasteiger charge is -2.15. The van der Waals surface area contributed by atoms with Gasteiger partial charge in [-0.05, 0) is 19.3 Å². The summed E-state index contributed by atoms with van der Waals surface area (Å²) in [5.41, 5.74) is -1.04. The van der Waals surface area contributed by atoms with Crippen LogP contribution in [-0.4, -0.2) is 25.0 Å². The highest BCUT2D eigenvalue weighted by Gasteiger charge is 2.22. The zero-order valence-electron chi connectivity index (χ0n) is 19.5. The van der Waals surface area contributed by atoms with Crippen molar-refractivity contribution in [2.45, 2.75) is 148 Å². The second-order valence-electron chi connectivity index (χ2n) is 8.61. The molecule has 176 valence electrons. The van der Waals surface area contributed by atoms with Crippen LogP contribution in [0.25, 0.3) is 0 Å². The Morgan fingerprint density at radius 1 is 0.586 bits per heavy atom. The van der Waals surface area contributed by atoms with Crippen LogP contribution in [0.3, 0.4) is 0 Å². The van der Waals surface area contributed by atoms with E-state index in [1.54, 1.807) is 0 Å². The van der Waals surface area contributed by atoms with Crippen molar-refractivity contribution in [3.05, 3.63) is 0 Å². The van der Waals surface area contributed by atoms with Gasteiger partial charge in [0.15, 0.2) is 5.44 Å². The summed E-state index contributed by atoms with van der Waals surface area (Å²) in [4.78, 5) is 0. The zero-order valence-corrected chi connectivity index (χ0v) is 20.3. The molecule has 5 heteroatoms. The highest BCUT2D eigenvalue weighted by Crippen LogP contribution is 2.16. The predicted molar refractivity (Wildman–Crippen MR) is 125 cm³/mol. The zero-order chi connectivity index (χ0) is 21.6. The van der Waals surface area contributed by atoms with Gasteiger partial charge in [-0.15, -0.1) is 0 Å². The van der Waals surface area contributed by atoms with Gasteiger partial charge in [0.1, 0.15) is 0 Å². The average Bonchev–Trinajstić information content (AvgIpc) is 2.68. The van der Waals surface area contributed by atoms with Crippen molar-refractivity contribution in [3.63, 3.8) is 0 Å². The van der Waals surface area contributed by atoms with Crippen molar-refractivity contribution >= 4 is 10.1 Å². The molecule has 0 aliphatic heterocycles. The lowest BCUT2D eigenvalue weighted by molar-refractivity contribution is 0.0881. The highest BCUT2D eigenvalue weighted by atomic mass is 32.2. The molecule has 0 aromatic rings. The van der Waals surface area contributed by atoms with E-state index in [9.17, 15) is 13.0 Å². The fourth-order valence-corrected chi connectivity index (χ4v) is 4.48. The Bertz CT molecular complexity index is 423. The third kappa shape index (κ3) is 20.9. The van der Waals surface area contributed by atoms with E-state index in [4.69, 9.17) is 4.74 Å². The van der Waals surface area contributed by atoms with Gasteiger partial charge in [-0.1, -0.05) is 123 Å². The molecule has 29 heavy (non-hydrogen) atoms. The molecule has 4 nitrogen and oxygen atoms in total. The Hall–Kier alpha value is -0.130. The summed E-state index contributed by atoms with van der Waals surface area (Å²) in [6.45, 7) is 4.90. The predicted octanol–water partition coefficient (Wildman–Crippen LogP) is 8.06. The largest absolute Gasteiger partial charge is 0.360 e. The van der Waals surface area contributed by atoms with Gasteiger partial charge >= 0.3 is 0 Å². The molecule has 0 fully saturated rings. The Kier molecular flexibility index (Phi) is 21.0. The minimum absolute atomic E-state index is 0.409. The molecule has 0 heterocycles. The van der Waals surface area contributed by atoms with Crippen LogP contribution in [0.5, 0.6) is 0 Å². The maximum atomic E-state index is 11.5. The molecule has 0 bridgehead atoms. The molecule has 0 aromatic heterocycles. The molecule has 1 unspecified atom stereocenters. The normalized spacial score (nSPS) is 13.1. The fraction of sp³-hybridized carbons (Fsp3) is 1.00. The molecule has 0 radical (unpaired) electrons. The molecule has 0 rings (SSSR count). The monoisotopic (exact) mass is 434 g/mol. The Labute approximate surface area is 182 Å². The van der Waals surface area contributed by atoms with Gasteiger partial charge < -0.3 is 4.74 Å². The van der Waals surface area contributed by atoms with Crippen LogP contribution in [0, 0.1) is 0 Å². The molecule has 0 amide bonds. The van der Waals surface area contributed by atoms with Crippen LogP contribution in [0.15, 0.2) is 0 Å². The number of unbranched alkanes of at least 4 members (excludes halogenated alkanes) is 17. The van der Waals surface area contributed by atoms with Crippen molar-refractivity contribution in [3.8, 4) is 0 Å². The number of ether oxygens (including phenoxy) is 1. The van der Waals surface area contributed by atoms with Gasteiger partial charge in [-0.3, -0.25) is 4.55 Å². The minimum Gasteiger partial charge on any atom is -0.360 e. The van der Waals surface area contributed by atoms with Crippen LogP contribution < -0.4 is 0 Å². The SMILES string of the molecule is CCCCCCCCCCCCOC(CCCCCCCCCCC)S(=O)(=O)O. The van der Waals surface area contributed by atoms with E-state index in [0.717, 1.165) is 32.1 Å². The average molecular weight is 435 g/mol. The highest BCUT2D eigenvalue weighted by molar-refractivity contribution is 7.86. The van der Waals surface area contributed by atoms with Gasteiger partial charge in [0, 0.05) is 6.61 Å². The molecule has 0 aliphatic rings. The van der Waals surface area contributed by atoms with Crippen molar-refractivity contribution in [1.82, 2.24) is 0 Å². The fourth-order valence-electron chi connectivity index (χ4n) is 3.74. The van der Waals surface area contributed by atoms with Crippen LogP contribution >= 0.6 is 0 Å². The number of hydrogen-bond donors (Lipinski definition) is 1. The summed E-state index contributed by atoms with van der Waals surface area (Å²) in [6.07, 6.45) is 23.5. The smallest absolute Gasteiger partial charge is 0.292 e. The van der Waals surface area contributed by atoms with Crippen LogP contribution in [-0.2, 0) is 14.9 Å². The minimum atomic E-state index is -4.11. The first-order valence-corrected chi connectivity index (χ1v) is 14.1. The lowest BCUT2D eigenvalue weighted by Crippen LogP contribution is -2.24. The molecule has 0 spiro atoms. The second-order valence-corrected chi connectivity index (χ2v) is 10.2. The van der Waals surface area contributed by atoms with Crippen molar-refractivity contribution in [2.24, 2.45) is 0 Å². The van der Waals surface area contributed by atoms with E-state index in [0.29, 0.717) is 13.0 Å². The summed E-state index contributed by atoms with van der Waals surface area (Å²) in [5.74, 6) is 0. The van der Waals surface area contributed by atoms with E-state index in [1.807, 2.05) is 0 Å². The van der Waals surface area contributed by atoms with Crippen LogP contribution in [0.2, 0.25) is 0 Å².